The van der Waals surface area contributed by atoms with E-state index in [4.69, 9.17) is 28.3 Å². The first-order valence-corrected chi connectivity index (χ1v) is 7.00. The lowest BCUT2D eigenvalue weighted by molar-refractivity contribution is -0.141. The van der Waals surface area contributed by atoms with Crippen molar-refractivity contribution in [3.63, 3.8) is 0 Å². The Morgan fingerprint density at radius 1 is 1.25 bits per heavy atom. The second-order valence-electron chi connectivity index (χ2n) is 4.24. The summed E-state index contributed by atoms with van der Waals surface area (Å²) in [7, 11) is 0. The van der Waals surface area contributed by atoms with Crippen LogP contribution < -0.4 is 10.2 Å². The second kappa shape index (κ2) is 7.97. The van der Waals surface area contributed by atoms with E-state index < -0.39 is 12.0 Å². The molecule has 2 N–H and O–H groups in total. The van der Waals surface area contributed by atoms with Crippen molar-refractivity contribution in [1.29, 1.82) is 0 Å². The summed E-state index contributed by atoms with van der Waals surface area (Å²) in [5.74, 6) is -1.43. The lowest BCUT2D eigenvalue weighted by Gasteiger charge is -2.19. The molecule has 20 heavy (non-hydrogen) atoms. The van der Waals surface area contributed by atoms with Crippen LogP contribution in [0.4, 0.5) is 5.69 Å². The number of carbonyl (C=O) groups is 2. The number of anilines is 1. The molecule has 0 aliphatic rings. The number of nitrogens with one attached hydrogen (secondary N) is 1. The number of amides is 1. The summed E-state index contributed by atoms with van der Waals surface area (Å²) < 4.78 is 0. The fourth-order valence-electron chi connectivity index (χ4n) is 1.69. The Morgan fingerprint density at radius 2 is 1.80 bits per heavy atom. The van der Waals surface area contributed by atoms with Crippen molar-refractivity contribution in [2.45, 2.75) is 19.4 Å². The fraction of sp³-hybridized carbons (Fsp3) is 0.385. The first-order valence-electron chi connectivity index (χ1n) is 5.93. The zero-order valence-electron chi connectivity index (χ0n) is 11.0. The molecule has 7 heteroatoms. The van der Waals surface area contributed by atoms with Gasteiger partial charge in [-0.05, 0) is 17.7 Å². The van der Waals surface area contributed by atoms with E-state index in [1.165, 1.54) is 6.92 Å². The maximum atomic E-state index is 11.0. The number of hydrogen-bond donors (Lipinski definition) is 2. The number of carbonyl (C=O) groups excluding carboxylic acids is 1. The highest BCUT2D eigenvalue weighted by molar-refractivity contribution is 6.22. The third-order valence-corrected chi connectivity index (χ3v) is 3.28. The maximum Gasteiger partial charge on any atom is 0.326 e. The Balaban J connectivity index is 2.77. The van der Waals surface area contributed by atoms with Gasteiger partial charge in [-0.1, -0.05) is 12.1 Å². The van der Waals surface area contributed by atoms with Gasteiger partial charge in [-0.15, -0.1) is 23.2 Å². The van der Waals surface area contributed by atoms with Crippen molar-refractivity contribution in [3.05, 3.63) is 29.8 Å². The molecular weight excluding hydrogens is 303 g/mol. The standard InChI is InChI=1S/C13H16Cl2N2O3/c1-9(18)16-12(13(19)20)6-10-2-4-11(5-3-10)17(7-14)8-15/h2-5,12H,6-8H2,1H3,(H,16,18)(H,19,20)/t12-/m0/s1. The van der Waals surface area contributed by atoms with Crippen LogP contribution in [0.5, 0.6) is 0 Å². The van der Waals surface area contributed by atoms with Crippen LogP contribution >= 0.6 is 23.2 Å². The third-order valence-electron chi connectivity index (χ3n) is 2.71. The van der Waals surface area contributed by atoms with E-state index in [2.05, 4.69) is 5.32 Å². The lowest BCUT2D eigenvalue weighted by Crippen LogP contribution is -2.41. The van der Waals surface area contributed by atoms with Crippen LogP contribution in [-0.2, 0) is 16.0 Å². The summed E-state index contributed by atoms with van der Waals surface area (Å²) in [6.07, 6.45) is 0.219. The van der Waals surface area contributed by atoms with Crippen molar-refractivity contribution >= 4 is 40.8 Å². The molecular formula is C13H16Cl2N2O3. The van der Waals surface area contributed by atoms with Crippen LogP contribution in [0.25, 0.3) is 0 Å². The Bertz CT molecular complexity index is 461. The number of alkyl halides is 2. The Morgan fingerprint density at radius 3 is 2.20 bits per heavy atom. The molecule has 1 aromatic rings. The normalized spacial score (nSPS) is 11.8. The zero-order valence-corrected chi connectivity index (χ0v) is 12.5. The van der Waals surface area contributed by atoms with Crippen molar-refractivity contribution in [2.75, 3.05) is 16.9 Å². The first-order chi connectivity index (χ1) is 9.47. The summed E-state index contributed by atoms with van der Waals surface area (Å²) in [5.41, 5.74) is 1.66. The van der Waals surface area contributed by atoms with E-state index in [1.54, 1.807) is 17.0 Å². The molecule has 1 aromatic carbocycles. The predicted molar refractivity (Wildman–Crippen MR) is 79.3 cm³/mol. The van der Waals surface area contributed by atoms with E-state index >= 15 is 0 Å². The lowest BCUT2D eigenvalue weighted by atomic mass is 10.1. The smallest absolute Gasteiger partial charge is 0.326 e. The minimum atomic E-state index is -1.06. The van der Waals surface area contributed by atoms with Crippen LogP contribution in [0.15, 0.2) is 24.3 Å². The van der Waals surface area contributed by atoms with E-state index in [9.17, 15) is 9.59 Å². The third kappa shape index (κ3) is 4.90. The zero-order chi connectivity index (χ0) is 15.1. The number of rotatable bonds is 7. The second-order valence-corrected chi connectivity index (χ2v) is 4.72. The highest BCUT2D eigenvalue weighted by Gasteiger charge is 2.18. The number of carboxylic acids is 1. The largest absolute Gasteiger partial charge is 0.480 e. The van der Waals surface area contributed by atoms with Crippen LogP contribution in [-0.4, -0.2) is 35.0 Å². The van der Waals surface area contributed by atoms with Crippen LogP contribution in [0.2, 0.25) is 0 Å². The average Bonchev–Trinajstić information content (AvgIpc) is 2.40. The van der Waals surface area contributed by atoms with Crippen LogP contribution in [0, 0.1) is 0 Å². The Hall–Kier alpha value is -1.46. The molecule has 0 unspecified atom stereocenters. The van der Waals surface area contributed by atoms with Gasteiger partial charge in [-0.3, -0.25) is 4.79 Å². The molecule has 0 fully saturated rings. The van der Waals surface area contributed by atoms with Gasteiger partial charge in [0.15, 0.2) is 0 Å². The van der Waals surface area contributed by atoms with E-state index in [0.29, 0.717) is 0 Å². The molecule has 0 bridgehead atoms. The van der Waals surface area contributed by atoms with Crippen LogP contribution in [0.1, 0.15) is 12.5 Å². The number of carboxylic acid groups (broad SMARTS) is 1. The van der Waals surface area contributed by atoms with Gasteiger partial charge in [-0.25, -0.2) is 4.79 Å². The van der Waals surface area contributed by atoms with Gasteiger partial charge in [0.05, 0.1) is 12.0 Å². The average molecular weight is 319 g/mol. The van der Waals surface area contributed by atoms with Gasteiger partial charge in [0.2, 0.25) is 5.91 Å². The number of aliphatic carboxylic acids is 1. The molecule has 0 saturated carbocycles. The molecule has 0 aliphatic carbocycles. The SMILES string of the molecule is CC(=O)N[C@@H](Cc1ccc(N(CCl)CCl)cc1)C(=O)O. The monoisotopic (exact) mass is 318 g/mol. The highest BCUT2D eigenvalue weighted by Crippen LogP contribution is 2.17. The summed E-state index contributed by atoms with van der Waals surface area (Å²) in [6, 6.07) is 6.81. The molecule has 110 valence electrons. The number of hydrogen-bond acceptors (Lipinski definition) is 3. The molecule has 1 amide bonds. The number of halogens is 2. The maximum absolute atomic E-state index is 11.0. The van der Waals surface area contributed by atoms with Gasteiger partial charge < -0.3 is 15.3 Å². The van der Waals surface area contributed by atoms with E-state index in [-0.39, 0.29) is 24.3 Å². The van der Waals surface area contributed by atoms with Crippen molar-refractivity contribution in [3.8, 4) is 0 Å². The number of benzene rings is 1. The summed E-state index contributed by atoms with van der Waals surface area (Å²) in [4.78, 5) is 23.8. The van der Waals surface area contributed by atoms with Gasteiger partial charge in [0.1, 0.15) is 6.04 Å². The molecule has 5 nitrogen and oxygen atoms in total. The number of nitrogens with zero attached hydrogens (tertiary/aromatic N) is 1. The summed E-state index contributed by atoms with van der Waals surface area (Å²) in [5, 5.41) is 11.4. The molecule has 0 aromatic heterocycles. The predicted octanol–water partition coefficient (Wildman–Crippen LogP) is 2.02. The molecule has 0 aliphatic heterocycles. The molecule has 1 atom stereocenters. The molecule has 0 spiro atoms. The van der Waals surface area contributed by atoms with Gasteiger partial charge in [-0.2, -0.15) is 0 Å². The summed E-state index contributed by atoms with van der Waals surface area (Å²) in [6.45, 7) is 1.29. The highest BCUT2D eigenvalue weighted by atomic mass is 35.5. The molecule has 1 rings (SSSR count). The van der Waals surface area contributed by atoms with Gasteiger partial charge >= 0.3 is 5.97 Å². The van der Waals surface area contributed by atoms with Crippen molar-refractivity contribution < 1.29 is 14.7 Å². The van der Waals surface area contributed by atoms with Gasteiger partial charge in [0, 0.05) is 19.0 Å². The molecule has 0 heterocycles. The fourth-order valence-corrected chi connectivity index (χ4v) is 2.23. The molecule has 0 saturated heterocycles. The Labute approximate surface area is 127 Å². The summed E-state index contributed by atoms with van der Waals surface area (Å²) >= 11 is 11.5. The topological polar surface area (TPSA) is 69.6 Å². The quantitative estimate of drug-likeness (QED) is 0.596. The minimum Gasteiger partial charge on any atom is -0.480 e. The van der Waals surface area contributed by atoms with Crippen LogP contribution in [0.3, 0.4) is 0 Å². The van der Waals surface area contributed by atoms with Gasteiger partial charge in [0.25, 0.3) is 0 Å². The Kier molecular flexibility index (Phi) is 6.61. The van der Waals surface area contributed by atoms with E-state index in [0.717, 1.165) is 11.3 Å². The van der Waals surface area contributed by atoms with E-state index in [1.807, 2.05) is 12.1 Å². The first kappa shape index (κ1) is 16.6. The van der Waals surface area contributed by atoms with Crippen molar-refractivity contribution in [1.82, 2.24) is 5.32 Å². The minimum absolute atomic E-state index is 0.219. The van der Waals surface area contributed by atoms with Crippen molar-refractivity contribution in [2.24, 2.45) is 0 Å². The molecule has 0 radical (unpaired) electrons.